The second kappa shape index (κ2) is 6.99. The number of hydrogen-bond donors (Lipinski definition) is 0. The highest BCUT2D eigenvalue weighted by molar-refractivity contribution is 5.48. The van der Waals surface area contributed by atoms with Gasteiger partial charge >= 0.3 is 6.18 Å². The van der Waals surface area contributed by atoms with E-state index in [2.05, 4.69) is 20.0 Å². The van der Waals surface area contributed by atoms with Crippen LogP contribution in [0.3, 0.4) is 0 Å². The van der Waals surface area contributed by atoms with Gasteiger partial charge in [0.05, 0.1) is 12.1 Å². The van der Waals surface area contributed by atoms with Crippen molar-refractivity contribution in [2.75, 3.05) is 25.0 Å². The molecule has 1 saturated heterocycles. The van der Waals surface area contributed by atoms with Gasteiger partial charge < -0.3 is 4.90 Å². The molecule has 3 heterocycles. The summed E-state index contributed by atoms with van der Waals surface area (Å²) >= 11 is 0. The van der Waals surface area contributed by atoms with Crippen molar-refractivity contribution >= 4 is 5.82 Å². The largest absolute Gasteiger partial charge is 0.419 e. The standard InChI is InChI=1S/C16H21F3N6/c1-23(15-13(16(17,18)19)6-3-7-20-15)12-5-4-8-25(9-12)10-14-21-11-22-24(14)2/h3,6-7,11-12H,4-5,8-10H2,1-2H3. The number of nitrogens with zero attached hydrogens (tertiary/aromatic N) is 6. The Balaban J connectivity index is 1.74. The van der Waals surface area contributed by atoms with E-state index in [0.29, 0.717) is 13.1 Å². The number of rotatable bonds is 4. The molecular formula is C16H21F3N6. The molecule has 2 aromatic rings. The van der Waals surface area contributed by atoms with Crippen molar-refractivity contribution in [1.29, 1.82) is 0 Å². The summed E-state index contributed by atoms with van der Waals surface area (Å²) < 4.78 is 41.5. The molecule has 25 heavy (non-hydrogen) atoms. The topological polar surface area (TPSA) is 50.1 Å². The third kappa shape index (κ3) is 3.92. The van der Waals surface area contributed by atoms with Gasteiger partial charge in [-0.2, -0.15) is 18.3 Å². The van der Waals surface area contributed by atoms with E-state index in [0.717, 1.165) is 31.3 Å². The van der Waals surface area contributed by atoms with E-state index in [1.165, 1.54) is 18.6 Å². The Morgan fingerprint density at radius 2 is 2.12 bits per heavy atom. The lowest BCUT2D eigenvalue weighted by Crippen LogP contribution is -2.47. The summed E-state index contributed by atoms with van der Waals surface area (Å²) in [6, 6.07) is 2.37. The van der Waals surface area contributed by atoms with Gasteiger partial charge in [-0.3, -0.25) is 9.58 Å². The molecule has 0 spiro atoms. The monoisotopic (exact) mass is 354 g/mol. The van der Waals surface area contributed by atoms with Gasteiger partial charge in [-0.05, 0) is 31.5 Å². The Hall–Kier alpha value is -2.16. The third-order valence-corrected chi connectivity index (χ3v) is 4.62. The van der Waals surface area contributed by atoms with Crippen molar-refractivity contribution in [3.8, 4) is 0 Å². The van der Waals surface area contributed by atoms with Gasteiger partial charge in [0.15, 0.2) is 0 Å². The number of alkyl halides is 3. The summed E-state index contributed by atoms with van der Waals surface area (Å²) in [7, 11) is 3.52. The smallest absolute Gasteiger partial charge is 0.355 e. The molecule has 3 rings (SSSR count). The van der Waals surface area contributed by atoms with Gasteiger partial charge in [0.2, 0.25) is 0 Å². The molecule has 1 fully saturated rings. The molecule has 0 aliphatic carbocycles. The Morgan fingerprint density at radius 1 is 1.32 bits per heavy atom. The first-order valence-electron chi connectivity index (χ1n) is 8.16. The minimum Gasteiger partial charge on any atom is -0.355 e. The van der Waals surface area contributed by atoms with Gasteiger partial charge in [-0.15, -0.1) is 0 Å². The molecule has 1 atom stereocenters. The number of likely N-dealkylation sites (N-methyl/N-ethyl adjacent to an activating group) is 1. The Kier molecular flexibility index (Phi) is 4.94. The normalized spacial score (nSPS) is 19.2. The number of piperidine rings is 1. The number of hydrogen-bond acceptors (Lipinski definition) is 5. The molecule has 0 saturated carbocycles. The average Bonchev–Trinajstić information content (AvgIpc) is 2.98. The van der Waals surface area contributed by atoms with Crippen LogP contribution in [0.25, 0.3) is 0 Å². The van der Waals surface area contributed by atoms with Crippen LogP contribution in [0.15, 0.2) is 24.7 Å². The van der Waals surface area contributed by atoms with E-state index in [1.807, 2.05) is 7.05 Å². The van der Waals surface area contributed by atoms with Crippen molar-refractivity contribution in [3.05, 3.63) is 36.0 Å². The van der Waals surface area contributed by atoms with Crippen LogP contribution in [-0.4, -0.2) is 50.8 Å². The van der Waals surface area contributed by atoms with Crippen molar-refractivity contribution in [3.63, 3.8) is 0 Å². The van der Waals surface area contributed by atoms with Crippen LogP contribution in [0, 0.1) is 0 Å². The molecule has 1 aliphatic rings. The lowest BCUT2D eigenvalue weighted by molar-refractivity contribution is -0.137. The number of pyridine rings is 1. The number of aromatic nitrogens is 4. The quantitative estimate of drug-likeness (QED) is 0.844. The maximum absolute atomic E-state index is 13.3. The SMILES string of the molecule is CN(c1ncccc1C(F)(F)F)C1CCCN(Cc2ncnn2C)C1. The molecule has 0 bridgehead atoms. The molecule has 9 heteroatoms. The van der Waals surface area contributed by atoms with E-state index < -0.39 is 11.7 Å². The first-order chi connectivity index (χ1) is 11.9. The van der Waals surface area contributed by atoms with Gasteiger partial charge in [0, 0.05) is 32.9 Å². The van der Waals surface area contributed by atoms with Gasteiger partial charge in [0.25, 0.3) is 0 Å². The summed E-state index contributed by atoms with van der Waals surface area (Å²) in [5, 5.41) is 4.06. The highest BCUT2D eigenvalue weighted by atomic mass is 19.4. The van der Waals surface area contributed by atoms with Crippen LogP contribution >= 0.6 is 0 Å². The highest BCUT2D eigenvalue weighted by Gasteiger charge is 2.36. The molecule has 0 aromatic carbocycles. The molecule has 136 valence electrons. The van der Waals surface area contributed by atoms with Gasteiger partial charge in [-0.1, -0.05) is 0 Å². The van der Waals surface area contributed by atoms with Crippen molar-refractivity contribution in [2.45, 2.75) is 31.6 Å². The lowest BCUT2D eigenvalue weighted by Gasteiger charge is -2.38. The van der Waals surface area contributed by atoms with Crippen molar-refractivity contribution in [1.82, 2.24) is 24.6 Å². The Labute approximate surface area is 144 Å². The van der Waals surface area contributed by atoms with Crippen LogP contribution in [0.2, 0.25) is 0 Å². The van der Waals surface area contributed by atoms with E-state index in [9.17, 15) is 13.2 Å². The highest BCUT2D eigenvalue weighted by Crippen LogP contribution is 2.36. The van der Waals surface area contributed by atoms with E-state index >= 15 is 0 Å². The van der Waals surface area contributed by atoms with Crippen molar-refractivity contribution < 1.29 is 13.2 Å². The summed E-state index contributed by atoms with van der Waals surface area (Å²) in [6.45, 7) is 2.19. The molecular weight excluding hydrogens is 333 g/mol. The first kappa shape index (κ1) is 17.7. The van der Waals surface area contributed by atoms with Gasteiger partial charge in [0.1, 0.15) is 18.0 Å². The second-order valence-corrected chi connectivity index (χ2v) is 6.31. The fourth-order valence-electron chi connectivity index (χ4n) is 3.23. The van der Waals surface area contributed by atoms with Crippen LogP contribution in [0.4, 0.5) is 19.0 Å². The third-order valence-electron chi connectivity index (χ3n) is 4.62. The Bertz CT molecular complexity index is 714. The van der Waals surface area contributed by atoms with Crippen molar-refractivity contribution in [2.24, 2.45) is 7.05 Å². The minimum absolute atomic E-state index is 0.0134. The first-order valence-corrected chi connectivity index (χ1v) is 8.16. The molecule has 2 aromatic heterocycles. The number of halogens is 3. The molecule has 0 radical (unpaired) electrons. The van der Waals surface area contributed by atoms with Crippen LogP contribution < -0.4 is 4.90 Å². The number of anilines is 1. The Morgan fingerprint density at radius 3 is 2.80 bits per heavy atom. The van der Waals surface area contributed by atoms with Crippen LogP contribution in [0.1, 0.15) is 24.2 Å². The summed E-state index contributed by atoms with van der Waals surface area (Å²) in [6.07, 6.45) is 0.249. The van der Waals surface area contributed by atoms with E-state index in [1.54, 1.807) is 16.6 Å². The molecule has 0 N–H and O–H groups in total. The fraction of sp³-hybridized carbons (Fsp3) is 0.562. The second-order valence-electron chi connectivity index (χ2n) is 6.31. The minimum atomic E-state index is -4.41. The lowest BCUT2D eigenvalue weighted by atomic mass is 10.0. The molecule has 6 nitrogen and oxygen atoms in total. The number of likely N-dealkylation sites (tertiary alicyclic amines) is 1. The molecule has 1 unspecified atom stereocenters. The fourth-order valence-corrected chi connectivity index (χ4v) is 3.23. The molecule has 1 aliphatic heterocycles. The molecule has 0 amide bonds. The summed E-state index contributed by atoms with van der Waals surface area (Å²) in [5.74, 6) is 0.831. The van der Waals surface area contributed by atoms with Crippen LogP contribution in [0.5, 0.6) is 0 Å². The van der Waals surface area contributed by atoms with Gasteiger partial charge in [-0.25, -0.2) is 9.97 Å². The van der Waals surface area contributed by atoms with E-state index in [4.69, 9.17) is 0 Å². The van der Waals surface area contributed by atoms with E-state index in [-0.39, 0.29) is 11.9 Å². The maximum Gasteiger partial charge on any atom is 0.419 e. The average molecular weight is 354 g/mol. The zero-order valence-corrected chi connectivity index (χ0v) is 14.2. The maximum atomic E-state index is 13.3. The zero-order chi connectivity index (χ0) is 18.0. The summed E-state index contributed by atoms with van der Waals surface area (Å²) in [5.41, 5.74) is -0.692. The zero-order valence-electron chi connectivity index (χ0n) is 14.2. The predicted molar refractivity (Wildman–Crippen MR) is 86.9 cm³/mol. The van der Waals surface area contributed by atoms with Crippen LogP contribution in [-0.2, 0) is 19.8 Å². The predicted octanol–water partition coefficient (Wildman–Crippen LogP) is 2.33. The summed E-state index contributed by atoms with van der Waals surface area (Å²) in [4.78, 5) is 12.1. The number of aryl methyl sites for hydroxylation is 1.